The fraction of sp³-hybridized carbons (Fsp3) is 0.600. The second kappa shape index (κ2) is 5.25. The summed E-state index contributed by atoms with van der Waals surface area (Å²) in [6.07, 6.45) is 1.96. The molecule has 1 aromatic heterocycles. The minimum atomic E-state index is 0.303. The van der Waals surface area contributed by atoms with Crippen molar-refractivity contribution >= 4 is 16.3 Å². The van der Waals surface area contributed by atoms with Crippen LogP contribution in [0.15, 0.2) is 11.4 Å². The molecule has 0 radical (unpaired) electrons. The molecule has 0 saturated carbocycles. The van der Waals surface area contributed by atoms with Crippen LogP contribution in [-0.2, 0) is 0 Å². The van der Waals surface area contributed by atoms with Gasteiger partial charge < -0.3 is 10.0 Å². The molecule has 0 atom stereocenters. The second-order valence-corrected chi connectivity index (χ2v) is 4.16. The van der Waals surface area contributed by atoms with Gasteiger partial charge in [0.2, 0.25) is 0 Å². The van der Waals surface area contributed by atoms with Crippen LogP contribution in [0.25, 0.3) is 0 Å². The van der Waals surface area contributed by atoms with Gasteiger partial charge in [-0.1, -0.05) is 0 Å². The first kappa shape index (κ1) is 10.5. The first-order chi connectivity index (χ1) is 6.25. The van der Waals surface area contributed by atoms with Crippen LogP contribution in [0.3, 0.4) is 0 Å². The van der Waals surface area contributed by atoms with E-state index in [0.29, 0.717) is 6.61 Å². The van der Waals surface area contributed by atoms with E-state index < -0.39 is 0 Å². The van der Waals surface area contributed by atoms with Crippen molar-refractivity contribution < 1.29 is 5.11 Å². The summed E-state index contributed by atoms with van der Waals surface area (Å²) in [5, 5.41) is 12.1. The number of rotatable bonds is 5. The summed E-state index contributed by atoms with van der Waals surface area (Å²) in [6, 6.07) is 2.14. The van der Waals surface area contributed by atoms with Crippen LogP contribution in [0, 0.1) is 6.92 Å². The molecule has 2 nitrogen and oxygen atoms in total. The van der Waals surface area contributed by atoms with Crippen molar-refractivity contribution in [2.45, 2.75) is 19.8 Å². The van der Waals surface area contributed by atoms with Gasteiger partial charge in [0, 0.05) is 20.2 Å². The first-order valence-corrected chi connectivity index (χ1v) is 5.49. The molecule has 0 aromatic carbocycles. The van der Waals surface area contributed by atoms with Crippen molar-refractivity contribution in [3.8, 4) is 0 Å². The van der Waals surface area contributed by atoms with Crippen LogP contribution >= 0.6 is 11.3 Å². The molecule has 3 heteroatoms. The van der Waals surface area contributed by atoms with Crippen molar-refractivity contribution in [2.75, 3.05) is 25.1 Å². The van der Waals surface area contributed by atoms with Crippen LogP contribution in [0.5, 0.6) is 0 Å². The molecule has 0 spiro atoms. The quantitative estimate of drug-likeness (QED) is 0.735. The van der Waals surface area contributed by atoms with E-state index in [1.165, 1.54) is 10.6 Å². The molecule has 0 fully saturated rings. The predicted molar refractivity (Wildman–Crippen MR) is 58.6 cm³/mol. The zero-order valence-corrected chi connectivity index (χ0v) is 9.10. The number of thiophene rings is 1. The molecule has 0 unspecified atom stereocenters. The van der Waals surface area contributed by atoms with Crippen LogP contribution in [0.1, 0.15) is 18.4 Å². The number of anilines is 1. The Morgan fingerprint density at radius 3 is 2.77 bits per heavy atom. The highest BCUT2D eigenvalue weighted by Gasteiger charge is 2.04. The third-order valence-corrected chi connectivity index (χ3v) is 3.21. The van der Waals surface area contributed by atoms with Gasteiger partial charge >= 0.3 is 0 Å². The number of aliphatic hydroxyl groups is 1. The SMILES string of the molecule is Cc1ccsc1N(C)CCCCO. The Morgan fingerprint density at radius 2 is 2.23 bits per heavy atom. The van der Waals surface area contributed by atoms with E-state index in [1.807, 2.05) is 0 Å². The monoisotopic (exact) mass is 199 g/mol. The molecule has 1 rings (SSSR count). The number of aryl methyl sites for hydroxylation is 1. The lowest BCUT2D eigenvalue weighted by Gasteiger charge is -2.17. The van der Waals surface area contributed by atoms with Crippen molar-refractivity contribution in [3.63, 3.8) is 0 Å². The lowest BCUT2D eigenvalue weighted by Crippen LogP contribution is -2.18. The number of hydrogen-bond acceptors (Lipinski definition) is 3. The summed E-state index contributed by atoms with van der Waals surface area (Å²) < 4.78 is 0. The predicted octanol–water partition coefficient (Wildman–Crippen LogP) is 2.27. The van der Waals surface area contributed by atoms with E-state index >= 15 is 0 Å². The fourth-order valence-corrected chi connectivity index (χ4v) is 2.24. The molecule has 1 aromatic rings. The highest BCUT2D eigenvalue weighted by atomic mass is 32.1. The average Bonchev–Trinajstić information content (AvgIpc) is 2.52. The van der Waals surface area contributed by atoms with Crippen LogP contribution < -0.4 is 4.90 Å². The second-order valence-electron chi connectivity index (χ2n) is 3.26. The van der Waals surface area contributed by atoms with Crippen LogP contribution in [-0.4, -0.2) is 25.3 Å². The average molecular weight is 199 g/mol. The van der Waals surface area contributed by atoms with Crippen molar-refractivity contribution in [2.24, 2.45) is 0 Å². The van der Waals surface area contributed by atoms with E-state index in [-0.39, 0.29) is 0 Å². The molecule has 0 bridgehead atoms. The van der Waals surface area contributed by atoms with Gasteiger partial charge in [0.25, 0.3) is 0 Å². The molecule has 0 aliphatic rings. The molecular formula is C10H17NOS. The number of unbranched alkanes of at least 4 members (excludes halogenated alkanes) is 1. The third kappa shape index (κ3) is 3.01. The summed E-state index contributed by atoms with van der Waals surface area (Å²) in [5.74, 6) is 0. The van der Waals surface area contributed by atoms with Crippen LogP contribution in [0.4, 0.5) is 5.00 Å². The minimum Gasteiger partial charge on any atom is -0.396 e. The molecule has 0 aliphatic heterocycles. The smallest absolute Gasteiger partial charge is 0.0935 e. The molecule has 0 amide bonds. The van der Waals surface area contributed by atoms with Crippen molar-refractivity contribution in [3.05, 3.63) is 17.0 Å². The maximum atomic E-state index is 8.65. The maximum absolute atomic E-state index is 8.65. The van der Waals surface area contributed by atoms with E-state index in [4.69, 9.17) is 5.11 Å². The lowest BCUT2D eigenvalue weighted by atomic mass is 10.3. The summed E-state index contributed by atoms with van der Waals surface area (Å²) in [4.78, 5) is 2.26. The zero-order chi connectivity index (χ0) is 9.68. The molecule has 1 heterocycles. The van der Waals surface area contributed by atoms with Crippen LogP contribution in [0.2, 0.25) is 0 Å². The first-order valence-electron chi connectivity index (χ1n) is 4.62. The maximum Gasteiger partial charge on any atom is 0.0935 e. The van der Waals surface area contributed by atoms with Crippen molar-refractivity contribution in [1.82, 2.24) is 0 Å². The van der Waals surface area contributed by atoms with Gasteiger partial charge in [-0.25, -0.2) is 0 Å². The summed E-state index contributed by atoms with van der Waals surface area (Å²) in [5.41, 5.74) is 1.34. The highest BCUT2D eigenvalue weighted by Crippen LogP contribution is 2.25. The fourth-order valence-electron chi connectivity index (χ4n) is 1.32. The largest absolute Gasteiger partial charge is 0.396 e. The lowest BCUT2D eigenvalue weighted by molar-refractivity contribution is 0.285. The molecule has 74 valence electrons. The van der Waals surface area contributed by atoms with Gasteiger partial charge in [-0.15, -0.1) is 11.3 Å². The number of aliphatic hydroxyl groups excluding tert-OH is 1. The third-order valence-electron chi connectivity index (χ3n) is 2.08. The molecular weight excluding hydrogens is 182 g/mol. The molecule has 1 N–H and O–H groups in total. The van der Waals surface area contributed by atoms with Gasteiger partial charge in [0.05, 0.1) is 5.00 Å². The summed E-state index contributed by atoms with van der Waals surface area (Å²) >= 11 is 1.78. The molecule has 0 aliphatic carbocycles. The van der Waals surface area contributed by atoms with Gasteiger partial charge in [0.15, 0.2) is 0 Å². The van der Waals surface area contributed by atoms with Gasteiger partial charge in [-0.3, -0.25) is 0 Å². The highest BCUT2D eigenvalue weighted by molar-refractivity contribution is 7.14. The molecule has 0 saturated heterocycles. The van der Waals surface area contributed by atoms with E-state index in [2.05, 4.69) is 30.3 Å². The topological polar surface area (TPSA) is 23.5 Å². The molecule has 13 heavy (non-hydrogen) atoms. The number of nitrogens with zero attached hydrogens (tertiary/aromatic N) is 1. The Hall–Kier alpha value is -0.540. The summed E-state index contributed by atoms with van der Waals surface area (Å²) in [6.45, 7) is 3.47. The van der Waals surface area contributed by atoms with E-state index in [1.54, 1.807) is 11.3 Å². The van der Waals surface area contributed by atoms with Gasteiger partial charge in [-0.2, -0.15) is 0 Å². The standard InChI is InChI=1S/C10H17NOS/c1-9-5-8-13-10(9)11(2)6-3-4-7-12/h5,8,12H,3-4,6-7H2,1-2H3. The normalized spacial score (nSPS) is 10.4. The minimum absolute atomic E-state index is 0.303. The van der Waals surface area contributed by atoms with E-state index in [0.717, 1.165) is 19.4 Å². The zero-order valence-electron chi connectivity index (χ0n) is 8.29. The van der Waals surface area contributed by atoms with Gasteiger partial charge in [-0.05, 0) is 36.8 Å². The Bertz CT molecular complexity index is 247. The Morgan fingerprint density at radius 1 is 1.46 bits per heavy atom. The Balaban J connectivity index is 2.39. The summed E-state index contributed by atoms with van der Waals surface area (Å²) in [7, 11) is 2.11. The van der Waals surface area contributed by atoms with E-state index in [9.17, 15) is 0 Å². The number of hydrogen-bond donors (Lipinski definition) is 1. The van der Waals surface area contributed by atoms with Gasteiger partial charge in [0.1, 0.15) is 0 Å². The Kier molecular flexibility index (Phi) is 4.25. The Labute approximate surface area is 83.8 Å². The van der Waals surface area contributed by atoms with Crippen molar-refractivity contribution in [1.29, 1.82) is 0 Å².